The molecule has 1 fully saturated rings. The highest BCUT2D eigenvalue weighted by molar-refractivity contribution is 9.10. The molecule has 0 radical (unpaired) electrons. The largest absolute Gasteiger partial charge is 0.378 e. The molecule has 0 spiro atoms. The van der Waals surface area contributed by atoms with E-state index in [1.165, 1.54) is 6.92 Å². The molecule has 0 saturated carbocycles. The van der Waals surface area contributed by atoms with Crippen LogP contribution in [0, 0.1) is 0 Å². The van der Waals surface area contributed by atoms with Gasteiger partial charge in [-0.2, -0.15) is 0 Å². The van der Waals surface area contributed by atoms with Gasteiger partial charge in [0.2, 0.25) is 17.7 Å². The Bertz CT molecular complexity index is 649. The number of anilines is 2. The standard InChI is InChI=1S/C15H20BrN5O4/c1-10(22)17-8-13(23)18-9-14(24)20-11-6-12(16)15(19-7-11)21-2-4-25-5-3-21/h6-7H,2-5,8-9H2,1H3,(H,17,22)(H,18,23)(H,20,24). The molecule has 0 aromatic carbocycles. The summed E-state index contributed by atoms with van der Waals surface area (Å²) in [5.41, 5.74) is 0.519. The number of morpholine rings is 1. The molecular weight excluding hydrogens is 394 g/mol. The molecule has 136 valence electrons. The quantitative estimate of drug-likeness (QED) is 0.598. The van der Waals surface area contributed by atoms with Gasteiger partial charge in [-0.05, 0) is 22.0 Å². The highest BCUT2D eigenvalue weighted by atomic mass is 79.9. The zero-order valence-electron chi connectivity index (χ0n) is 13.8. The number of amides is 3. The van der Waals surface area contributed by atoms with E-state index in [0.717, 1.165) is 23.4 Å². The van der Waals surface area contributed by atoms with Crippen LogP contribution in [-0.2, 0) is 19.1 Å². The number of halogens is 1. The predicted molar refractivity (Wildman–Crippen MR) is 95.3 cm³/mol. The highest BCUT2D eigenvalue weighted by Gasteiger charge is 2.16. The van der Waals surface area contributed by atoms with Gasteiger partial charge in [0.15, 0.2) is 0 Å². The molecule has 10 heteroatoms. The normalized spacial score (nSPS) is 13.9. The van der Waals surface area contributed by atoms with Crippen LogP contribution >= 0.6 is 15.9 Å². The molecule has 3 N–H and O–H groups in total. The summed E-state index contributed by atoms with van der Waals surface area (Å²) in [5.74, 6) is -0.336. The van der Waals surface area contributed by atoms with Crippen molar-refractivity contribution in [3.8, 4) is 0 Å². The van der Waals surface area contributed by atoms with E-state index in [4.69, 9.17) is 4.74 Å². The number of pyridine rings is 1. The second-order valence-corrected chi connectivity index (χ2v) is 6.22. The van der Waals surface area contributed by atoms with Crippen molar-refractivity contribution in [3.05, 3.63) is 16.7 Å². The smallest absolute Gasteiger partial charge is 0.243 e. The van der Waals surface area contributed by atoms with E-state index in [2.05, 4.69) is 41.8 Å². The van der Waals surface area contributed by atoms with E-state index in [1.807, 2.05) is 0 Å². The average Bonchev–Trinajstić information content (AvgIpc) is 2.59. The molecular formula is C15H20BrN5O4. The second-order valence-electron chi connectivity index (χ2n) is 5.36. The van der Waals surface area contributed by atoms with Gasteiger partial charge in [-0.15, -0.1) is 0 Å². The number of hydrogen-bond donors (Lipinski definition) is 3. The first kappa shape index (κ1) is 19.1. The van der Waals surface area contributed by atoms with Gasteiger partial charge in [-0.1, -0.05) is 0 Å². The zero-order valence-corrected chi connectivity index (χ0v) is 15.4. The maximum atomic E-state index is 11.9. The maximum absolute atomic E-state index is 11.9. The number of aromatic nitrogens is 1. The van der Waals surface area contributed by atoms with Crippen molar-refractivity contribution in [2.24, 2.45) is 0 Å². The lowest BCUT2D eigenvalue weighted by atomic mass is 10.3. The summed E-state index contributed by atoms with van der Waals surface area (Å²) in [5, 5.41) is 7.42. The SMILES string of the molecule is CC(=O)NCC(=O)NCC(=O)Nc1cnc(N2CCOCC2)c(Br)c1. The van der Waals surface area contributed by atoms with Crippen molar-refractivity contribution in [3.63, 3.8) is 0 Å². The Morgan fingerprint density at radius 3 is 2.52 bits per heavy atom. The molecule has 1 aromatic rings. The van der Waals surface area contributed by atoms with Crippen molar-refractivity contribution in [1.29, 1.82) is 0 Å². The molecule has 25 heavy (non-hydrogen) atoms. The Morgan fingerprint density at radius 2 is 1.88 bits per heavy atom. The first-order chi connectivity index (χ1) is 12.0. The summed E-state index contributed by atoms with van der Waals surface area (Å²) in [6, 6.07) is 1.76. The fourth-order valence-corrected chi connectivity index (χ4v) is 2.76. The molecule has 1 aromatic heterocycles. The average molecular weight is 414 g/mol. The number of hydrogen-bond acceptors (Lipinski definition) is 6. The van der Waals surface area contributed by atoms with Crippen molar-refractivity contribution >= 4 is 45.2 Å². The zero-order chi connectivity index (χ0) is 18.2. The minimum atomic E-state index is -0.438. The molecule has 0 aliphatic carbocycles. The summed E-state index contributed by atoms with van der Waals surface area (Å²) >= 11 is 3.46. The first-order valence-electron chi connectivity index (χ1n) is 7.75. The fraction of sp³-hybridized carbons (Fsp3) is 0.467. The van der Waals surface area contributed by atoms with Gasteiger partial charge >= 0.3 is 0 Å². The van der Waals surface area contributed by atoms with Crippen molar-refractivity contribution < 1.29 is 19.1 Å². The lowest BCUT2D eigenvalue weighted by molar-refractivity contribution is -0.126. The molecule has 0 atom stereocenters. The topological polar surface area (TPSA) is 113 Å². The summed E-state index contributed by atoms with van der Waals surface area (Å²) in [7, 11) is 0. The number of nitrogens with zero attached hydrogens (tertiary/aromatic N) is 2. The molecule has 0 bridgehead atoms. The number of carbonyl (C=O) groups excluding carboxylic acids is 3. The Labute approximate surface area is 153 Å². The number of nitrogens with one attached hydrogen (secondary N) is 3. The van der Waals surface area contributed by atoms with Crippen LogP contribution in [0.15, 0.2) is 16.7 Å². The summed E-state index contributed by atoms with van der Waals surface area (Å²) < 4.78 is 6.08. The van der Waals surface area contributed by atoms with Crippen molar-refractivity contribution in [2.75, 3.05) is 49.6 Å². The van der Waals surface area contributed by atoms with Gasteiger partial charge in [0.25, 0.3) is 0 Å². The lowest BCUT2D eigenvalue weighted by Crippen LogP contribution is -2.39. The van der Waals surface area contributed by atoms with Gasteiger partial charge < -0.3 is 25.6 Å². The molecule has 1 saturated heterocycles. The Hall–Kier alpha value is -2.20. The number of rotatable bonds is 6. The Morgan fingerprint density at radius 1 is 1.20 bits per heavy atom. The maximum Gasteiger partial charge on any atom is 0.243 e. The van der Waals surface area contributed by atoms with Crippen LogP contribution in [0.5, 0.6) is 0 Å². The minimum Gasteiger partial charge on any atom is -0.378 e. The van der Waals surface area contributed by atoms with Crippen LogP contribution in [0.3, 0.4) is 0 Å². The van der Waals surface area contributed by atoms with E-state index < -0.39 is 5.91 Å². The van der Waals surface area contributed by atoms with Crippen LogP contribution in [0.1, 0.15) is 6.92 Å². The van der Waals surface area contributed by atoms with E-state index in [0.29, 0.717) is 18.9 Å². The van der Waals surface area contributed by atoms with E-state index in [-0.39, 0.29) is 24.9 Å². The Kier molecular flexibility index (Phi) is 7.14. The molecule has 2 heterocycles. The van der Waals surface area contributed by atoms with Gasteiger partial charge in [-0.25, -0.2) is 4.98 Å². The first-order valence-corrected chi connectivity index (χ1v) is 8.54. The molecule has 9 nitrogen and oxygen atoms in total. The van der Waals surface area contributed by atoms with E-state index >= 15 is 0 Å². The highest BCUT2D eigenvalue weighted by Crippen LogP contribution is 2.27. The van der Waals surface area contributed by atoms with Gasteiger partial charge in [-0.3, -0.25) is 14.4 Å². The minimum absolute atomic E-state index is 0.163. The third-order valence-electron chi connectivity index (χ3n) is 3.36. The van der Waals surface area contributed by atoms with Gasteiger partial charge in [0.05, 0.1) is 42.7 Å². The molecule has 1 aliphatic rings. The lowest BCUT2D eigenvalue weighted by Gasteiger charge is -2.28. The third kappa shape index (κ3) is 6.31. The van der Waals surface area contributed by atoms with Crippen molar-refractivity contribution in [2.45, 2.75) is 6.92 Å². The number of ether oxygens (including phenoxy) is 1. The molecule has 0 unspecified atom stereocenters. The van der Waals surface area contributed by atoms with E-state index in [1.54, 1.807) is 12.3 Å². The Balaban J connectivity index is 1.83. The second kappa shape index (κ2) is 9.33. The summed E-state index contributed by atoms with van der Waals surface area (Å²) in [6.07, 6.45) is 1.56. The monoisotopic (exact) mass is 413 g/mol. The predicted octanol–water partition coefficient (Wildman–Crippen LogP) is -0.128. The number of carbonyl (C=O) groups is 3. The van der Waals surface area contributed by atoms with Crippen LogP contribution in [0.2, 0.25) is 0 Å². The molecule has 2 rings (SSSR count). The van der Waals surface area contributed by atoms with Crippen LogP contribution in [0.4, 0.5) is 11.5 Å². The fourth-order valence-electron chi connectivity index (χ4n) is 2.16. The van der Waals surface area contributed by atoms with Crippen LogP contribution < -0.4 is 20.9 Å². The van der Waals surface area contributed by atoms with Gasteiger partial charge in [0, 0.05) is 20.0 Å². The summed E-state index contributed by atoms with van der Waals surface area (Å²) in [6.45, 7) is 3.79. The van der Waals surface area contributed by atoms with Gasteiger partial charge in [0.1, 0.15) is 5.82 Å². The van der Waals surface area contributed by atoms with Crippen LogP contribution in [-0.4, -0.2) is 62.1 Å². The van der Waals surface area contributed by atoms with Crippen LogP contribution in [0.25, 0.3) is 0 Å². The summed E-state index contributed by atoms with van der Waals surface area (Å²) in [4.78, 5) is 40.5. The third-order valence-corrected chi connectivity index (χ3v) is 3.94. The van der Waals surface area contributed by atoms with Crippen molar-refractivity contribution in [1.82, 2.24) is 15.6 Å². The van der Waals surface area contributed by atoms with E-state index in [9.17, 15) is 14.4 Å². The molecule has 1 aliphatic heterocycles. The molecule has 3 amide bonds.